The van der Waals surface area contributed by atoms with Crippen LogP contribution in [0.5, 0.6) is 5.75 Å². The third kappa shape index (κ3) is 5.41. The smallest absolute Gasteiger partial charge is 0.248 e. The van der Waals surface area contributed by atoms with Crippen LogP contribution in [0.1, 0.15) is 36.5 Å². The Morgan fingerprint density at radius 3 is 2.39 bits per heavy atom. The van der Waals surface area contributed by atoms with Gasteiger partial charge in [0.25, 0.3) is 0 Å². The Morgan fingerprint density at radius 1 is 1.30 bits per heavy atom. The van der Waals surface area contributed by atoms with Gasteiger partial charge in [-0.2, -0.15) is 0 Å². The molecular formula is C16H24ClN3O3. The predicted molar refractivity (Wildman–Crippen MR) is 90.6 cm³/mol. The van der Waals surface area contributed by atoms with Gasteiger partial charge in [-0.1, -0.05) is 0 Å². The van der Waals surface area contributed by atoms with Crippen molar-refractivity contribution < 1.29 is 14.3 Å². The van der Waals surface area contributed by atoms with Crippen LogP contribution in [0.4, 0.5) is 0 Å². The van der Waals surface area contributed by atoms with Crippen molar-refractivity contribution in [2.45, 2.75) is 31.7 Å². The molecule has 7 heteroatoms. The van der Waals surface area contributed by atoms with Gasteiger partial charge < -0.3 is 21.5 Å². The fourth-order valence-corrected chi connectivity index (χ4v) is 2.40. The Kier molecular flexibility index (Phi) is 6.84. The number of hydrogen-bond donors (Lipinski definition) is 3. The van der Waals surface area contributed by atoms with E-state index < -0.39 is 5.91 Å². The van der Waals surface area contributed by atoms with Gasteiger partial charge in [0.05, 0.1) is 18.6 Å². The van der Waals surface area contributed by atoms with E-state index in [1.54, 1.807) is 24.3 Å². The van der Waals surface area contributed by atoms with Gasteiger partial charge in [0.2, 0.25) is 11.8 Å². The summed E-state index contributed by atoms with van der Waals surface area (Å²) < 4.78 is 5.49. The van der Waals surface area contributed by atoms with E-state index in [2.05, 4.69) is 5.32 Å². The zero-order valence-electron chi connectivity index (χ0n) is 13.2. The number of halogens is 1. The van der Waals surface area contributed by atoms with Crippen LogP contribution in [0.3, 0.4) is 0 Å². The highest BCUT2D eigenvalue weighted by Crippen LogP contribution is 2.38. The molecule has 2 amide bonds. The van der Waals surface area contributed by atoms with Crippen molar-refractivity contribution in [3.8, 4) is 5.75 Å². The maximum absolute atomic E-state index is 12.0. The Morgan fingerprint density at radius 2 is 1.91 bits per heavy atom. The predicted octanol–water partition coefficient (Wildman–Crippen LogP) is 1.22. The largest absolute Gasteiger partial charge is 0.493 e. The lowest BCUT2D eigenvalue weighted by molar-refractivity contribution is -0.123. The molecule has 1 aromatic carbocycles. The van der Waals surface area contributed by atoms with Crippen molar-refractivity contribution in [2.24, 2.45) is 17.4 Å². The first kappa shape index (κ1) is 19.3. The van der Waals surface area contributed by atoms with Crippen LogP contribution in [0.2, 0.25) is 0 Å². The van der Waals surface area contributed by atoms with Gasteiger partial charge in [-0.25, -0.2) is 0 Å². The van der Waals surface area contributed by atoms with Crippen molar-refractivity contribution in [1.29, 1.82) is 0 Å². The van der Waals surface area contributed by atoms with Crippen LogP contribution in [0.15, 0.2) is 24.3 Å². The first-order chi connectivity index (χ1) is 10.4. The second-order valence-electron chi connectivity index (χ2n) is 5.93. The summed E-state index contributed by atoms with van der Waals surface area (Å²) in [7, 11) is 0. The average molecular weight is 342 g/mol. The van der Waals surface area contributed by atoms with Gasteiger partial charge in [-0.05, 0) is 49.9 Å². The van der Waals surface area contributed by atoms with Crippen LogP contribution in [-0.2, 0) is 4.79 Å². The molecule has 2 rings (SSSR count). The highest BCUT2D eigenvalue weighted by atomic mass is 35.5. The minimum Gasteiger partial charge on any atom is -0.493 e. The second-order valence-corrected chi connectivity index (χ2v) is 5.93. The lowest BCUT2D eigenvalue weighted by atomic mass is 9.96. The number of ether oxygens (including phenoxy) is 1. The van der Waals surface area contributed by atoms with Crippen molar-refractivity contribution in [2.75, 3.05) is 13.2 Å². The topological polar surface area (TPSA) is 107 Å². The van der Waals surface area contributed by atoms with Gasteiger partial charge in [-0.3, -0.25) is 9.59 Å². The molecule has 1 atom stereocenters. The highest BCUT2D eigenvalue weighted by molar-refractivity contribution is 5.92. The summed E-state index contributed by atoms with van der Waals surface area (Å²) in [5.41, 5.74) is 11.1. The maximum atomic E-state index is 12.0. The van der Waals surface area contributed by atoms with Gasteiger partial charge in [0.1, 0.15) is 5.75 Å². The second kappa shape index (κ2) is 8.17. The molecule has 1 aliphatic rings. The first-order valence-electron chi connectivity index (χ1n) is 7.48. The number of nitrogens with one attached hydrogen (secondary N) is 1. The standard InChI is InChI=1S/C16H23N3O3.ClH/c1-16(10-17,12-4-5-12)19-14(20)8-9-22-13-6-2-11(3-7-13)15(18)21;/h2-3,6-7,12H,4-5,8-10,17H2,1H3,(H2,18,21)(H,19,20);1H. The number of carbonyl (C=O) groups excluding carboxylic acids is 2. The van der Waals surface area contributed by atoms with E-state index in [4.69, 9.17) is 16.2 Å². The molecule has 5 N–H and O–H groups in total. The summed E-state index contributed by atoms with van der Waals surface area (Å²) in [4.78, 5) is 22.9. The summed E-state index contributed by atoms with van der Waals surface area (Å²) in [6, 6.07) is 6.50. The molecule has 128 valence electrons. The molecular weight excluding hydrogens is 318 g/mol. The third-order valence-corrected chi connectivity index (χ3v) is 4.06. The summed E-state index contributed by atoms with van der Waals surface area (Å²) >= 11 is 0. The fraction of sp³-hybridized carbons (Fsp3) is 0.500. The summed E-state index contributed by atoms with van der Waals surface area (Å²) in [5.74, 6) is 0.547. The summed E-state index contributed by atoms with van der Waals surface area (Å²) in [6.45, 7) is 2.71. The zero-order valence-corrected chi connectivity index (χ0v) is 14.0. The molecule has 1 unspecified atom stereocenters. The van der Waals surface area contributed by atoms with Crippen LogP contribution >= 0.6 is 12.4 Å². The Hall–Kier alpha value is -1.79. The van der Waals surface area contributed by atoms with E-state index in [-0.39, 0.29) is 36.9 Å². The number of hydrogen-bond acceptors (Lipinski definition) is 4. The lowest BCUT2D eigenvalue weighted by Gasteiger charge is -2.29. The Bertz CT molecular complexity index is 546. The number of benzene rings is 1. The number of primary amides is 1. The number of amides is 2. The molecule has 1 aromatic rings. The zero-order chi connectivity index (χ0) is 16.2. The van der Waals surface area contributed by atoms with Gasteiger partial charge in [-0.15, -0.1) is 12.4 Å². The van der Waals surface area contributed by atoms with Crippen LogP contribution in [0.25, 0.3) is 0 Å². The summed E-state index contributed by atoms with van der Waals surface area (Å²) in [5, 5.41) is 3.01. The van der Waals surface area contributed by atoms with Crippen molar-refractivity contribution in [1.82, 2.24) is 5.32 Å². The molecule has 0 heterocycles. The average Bonchev–Trinajstić information content (AvgIpc) is 3.32. The van der Waals surface area contributed by atoms with Crippen LogP contribution in [-0.4, -0.2) is 30.5 Å². The lowest BCUT2D eigenvalue weighted by Crippen LogP contribution is -2.53. The Balaban J connectivity index is 0.00000264. The van der Waals surface area contributed by atoms with E-state index in [9.17, 15) is 9.59 Å². The minimum absolute atomic E-state index is 0. The molecule has 0 radical (unpaired) electrons. The SMILES string of the molecule is CC(CN)(NC(=O)CCOc1ccc(C(N)=O)cc1)C1CC1.Cl. The monoisotopic (exact) mass is 341 g/mol. The molecule has 0 aliphatic heterocycles. The van der Waals surface area contributed by atoms with Crippen molar-refractivity contribution >= 4 is 24.2 Å². The molecule has 6 nitrogen and oxygen atoms in total. The van der Waals surface area contributed by atoms with E-state index >= 15 is 0 Å². The third-order valence-electron chi connectivity index (χ3n) is 4.06. The highest BCUT2D eigenvalue weighted by Gasteiger charge is 2.41. The van der Waals surface area contributed by atoms with Gasteiger partial charge in [0, 0.05) is 12.1 Å². The molecule has 0 bridgehead atoms. The molecule has 1 aliphatic carbocycles. The van der Waals surface area contributed by atoms with E-state index in [0.29, 0.717) is 23.8 Å². The summed E-state index contributed by atoms with van der Waals surface area (Å²) in [6.07, 6.45) is 2.51. The fourth-order valence-electron chi connectivity index (χ4n) is 2.40. The Labute approximate surface area is 142 Å². The molecule has 1 saturated carbocycles. The van der Waals surface area contributed by atoms with E-state index in [1.165, 1.54) is 0 Å². The first-order valence-corrected chi connectivity index (χ1v) is 7.48. The van der Waals surface area contributed by atoms with Crippen molar-refractivity contribution in [3.63, 3.8) is 0 Å². The van der Waals surface area contributed by atoms with Crippen molar-refractivity contribution in [3.05, 3.63) is 29.8 Å². The number of carbonyl (C=O) groups is 2. The quantitative estimate of drug-likeness (QED) is 0.660. The van der Waals surface area contributed by atoms with E-state index in [0.717, 1.165) is 12.8 Å². The molecule has 0 spiro atoms. The molecule has 0 saturated heterocycles. The number of rotatable bonds is 8. The van der Waals surface area contributed by atoms with Crippen LogP contribution < -0.4 is 21.5 Å². The van der Waals surface area contributed by atoms with Crippen LogP contribution in [0, 0.1) is 5.92 Å². The molecule has 0 aromatic heterocycles. The van der Waals surface area contributed by atoms with E-state index in [1.807, 2.05) is 6.92 Å². The van der Waals surface area contributed by atoms with Gasteiger partial charge >= 0.3 is 0 Å². The normalized spacial score (nSPS) is 15.9. The molecule has 1 fully saturated rings. The maximum Gasteiger partial charge on any atom is 0.248 e. The molecule has 23 heavy (non-hydrogen) atoms. The van der Waals surface area contributed by atoms with Gasteiger partial charge in [0.15, 0.2) is 0 Å². The minimum atomic E-state index is -0.480. The number of nitrogens with two attached hydrogens (primary N) is 2.